The molecule has 0 atom stereocenters. The number of amides is 1. The van der Waals surface area contributed by atoms with Crippen LogP contribution in [0.5, 0.6) is 0 Å². The number of carbonyl (C=O) groups excluding carboxylic acids is 1. The average Bonchev–Trinajstić information content (AvgIpc) is 2.96. The monoisotopic (exact) mass is 422 g/mol. The first-order valence-corrected chi connectivity index (χ1v) is 10.2. The Morgan fingerprint density at radius 2 is 2.00 bits per heavy atom. The molecule has 3 rings (SSSR count). The number of carbonyl (C=O) groups is 1. The van der Waals surface area contributed by atoms with Crippen molar-refractivity contribution in [2.24, 2.45) is 4.99 Å². The minimum absolute atomic E-state index is 0.272. The summed E-state index contributed by atoms with van der Waals surface area (Å²) in [5.41, 5.74) is 3.39. The summed E-state index contributed by atoms with van der Waals surface area (Å²) in [4.78, 5) is 17.8. The number of hydrogen-bond acceptors (Lipinski definition) is 3. The van der Waals surface area contributed by atoms with E-state index in [0.717, 1.165) is 21.3 Å². The van der Waals surface area contributed by atoms with Crippen LogP contribution in [0.2, 0.25) is 10.0 Å². The highest BCUT2D eigenvalue weighted by Gasteiger charge is 2.15. The van der Waals surface area contributed by atoms with Crippen LogP contribution in [0.15, 0.2) is 35.3 Å². The van der Waals surface area contributed by atoms with Gasteiger partial charge in [0, 0.05) is 18.7 Å². The van der Waals surface area contributed by atoms with E-state index in [0.29, 0.717) is 40.2 Å². The van der Waals surface area contributed by atoms with E-state index < -0.39 is 0 Å². The summed E-state index contributed by atoms with van der Waals surface area (Å²) in [6.07, 6.45) is 0. The van der Waals surface area contributed by atoms with Crippen LogP contribution < -0.4 is 4.80 Å². The fourth-order valence-electron chi connectivity index (χ4n) is 2.90. The maximum Gasteiger partial charge on any atom is 0.279 e. The molecule has 27 heavy (non-hydrogen) atoms. The molecule has 0 saturated heterocycles. The predicted molar refractivity (Wildman–Crippen MR) is 112 cm³/mol. The number of aromatic nitrogens is 1. The van der Waals surface area contributed by atoms with Gasteiger partial charge in [0.2, 0.25) is 0 Å². The highest BCUT2D eigenvalue weighted by molar-refractivity contribution is 7.16. The summed E-state index contributed by atoms with van der Waals surface area (Å²) in [5, 5.41) is 0.932. The van der Waals surface area contributed by atoms with Crippen molar-refractivity contribution in [2.75, 3.05) is 13.2 Å². The number of hydrogen-bond donors (Lipinski definition) is 0. The first-order chi connectivity index (χ1) is 12.9. The van der Waals surface area contributed by atoms with Gasteiger partial charge >= 0.3 is 0 Å². The zero-order valence-electron chi connectivity index (χ0n) is 15.4. The third kappa shape index (κ3) is 4.27. The van der Waals surface area contributed by atoms with E-state index in [-0.39, 0.29) is 5.91 Å². The lowest BCUT2D eigenvalue weighted by Gasteiger charge is -2.07. The number of ether oxygens (including phenoxy) is 1. The van der Waals surface area contributed by atoms with E-state index in [1.807, 2.05) is 49.6 Å². The van der Waals surface area contributed by atoms with Gasteiger partial charge in [0.05, 0.1) is 26.9 Å². The Morgan fingerprint density at radius 1 is 1.22 bits per heavy atom. The van der Waals surface area contributed by atoms with Gasteiger partial charge in [0.25, 0.3) is 5.91 Å². The molecule has 0 aliphatic carbocycles. The molecule has 0 bridgehead atoms. The number of halogens is 2. The minimum Gasteiger partial charge on any atom is -0.380 e. The van der Waals surface area contributed by atoms with Crippen LogP contribution in [0.1, 0.15) is 28.4 Å². The summed E-state index contributed by atoms with van der Waals surface area (Å²) < 4.78 is 8.32. The summed E-state index contributed by atoms with van der Waals surface area (Å²) in [6.45, 7) is 7.50. The molecule has 1 aromatic heterocycles. The lowest BCUT2D eigenvalue weighted by molar-refractivity contribution is 0.0996. The molecule has 4 nitrogen and oxygen atoms in total. The molecule has 142 valence electrons. The van der Waals surface area contributed by atoms with E-state index in [2.05, 4.69) is 4.99 Å². The normalized spacial score (nSPS) is 12.1. The van der Waals surface area contributed by atoms with Crippen LogP contribution in [-0.4, -0.2) is 23.7 Å². The van der Waals surface area contributed by atoms with Crippen LogP contribution in [0, 0.1) is 13.8 Å². The highest BCUT2D eigenvalue weighted by Crippen LogP contribution is 2.32. The topological polar surface area (TPSA) is 43.6 Å². The molecule has 1 amide bonds. The first-order valence-electron chi connectivity index (χ1n) is 8.63. The molecule has 0 aliphatic heterocycles. The van der Waals surface area contributed by atoms with Gasteiger partial charge in [0.15, 0.2) is 4.80 Å². The SMILES string of the molecule is CCOCCn1c(=NC(=O)c2ccc(C)cc2C)sc2ccc(Cl)c(Cl)c21. The van der Waals surface area contributed by atoms with Crippen LogP contribution >= 0.6 is 34.5 Å². The molecule has 0 unspecified atom stereocenters. The maximum atomic E-state index is 12.8. The summed E-state index contributed by atoms with van der Waals surface area (Å²) >= 11 is 14.1. The summed E-state index contributed by atoms with van der Waals surface area (Å²) in [5.74, 6) is -0.272. The van der Waals surface area contributed by atoms with Crippen LogP contribution in [0.25, 0.3) is 10.2 Å². The molecular weight excluding hydrogens is 403 g/mol. The summed E-state index contributed by atoms with van der Waals surface area (Å²) in [6, 6.07) is 9.36. The van der Waals surface area contributed by atoms with Crippen molar-refractivity contribution in [3.63, 3.8) is 0 Å². The zero-order chi connectivity index (χ0) is 19.6. The largest absolute Gasteiger partial charge is 0.380 e. The van der Waals surface area contributed by atoms with Gasteiger partial charge < -0.3 is 9.30 Å². The van der Waals surface area contributed by atoms with Crippen LogP contribution in [0.4, 0.5) is 0 Å². The number of thiazole rings is 1. The molecule has 3 aromatic rings. The summed E-state index contributed by atoms with van der Waals surface area (Å²) in [7, 11) is 0. The molecule has 7 heteroatoms. The minimum atomic E-state index is -0.272. The van der Waals surface area contributed by atoms with Gasteiger partial charge in [-0.25, -0.2) is 0 Å². The Bertz CT molecular complexity index is 1070. The number of fused-ring (bicyclic) bond motifs is 1. The van der Waals surface area contributed by atoms with Gasteiger partial charge in [0.1, 0.15) is 0 Å². The second-order valence-corrected chi connectivity index (χ2v) is 7.97. The van der Waals surface area contributed by atoms with Crippen LogP contribution in [-0.2, 0) is 11.3 Å². The van der Waals surface area contributed by atoms with E-state index in [4.69, 9.17) is 27.9 Å². The molecule has 0 aliphatic rings. The Labute approximate surface area is 172 Å². The first kappa shape index (κ1) is 20.1. The number of rotatable bonds is 5. The van der Waals surface area contributed by atoms with E-state index in [9.17, 15) is 4.79 Å². The second kappa shape index (κ2) is 8.57. The van der Waals surface area contributed by atoms with E-state index in [1.54, 1.807) is 6.07 Å². The molecule has 0 fully saturated rings. The van der Waals surface area contributed by atoms with Crippen molar-refractivity contribution in [2.45, 2.75) is 27.3 Å². The van der Waals surface area contributed by atoms with Gasteiger partial charge in [-0.3, -0.25) is 4.79 Å². The fraction of sp³-hybridized carbons (Fsp3) is 0.300. The maximum absolute atomic E-state index is 12.8. The second-order valence-electron chi connectivity index (χ2n) is 6.18. The molecule has 0 saturated carbocycles. The van der Waals surface area contributed by atoms with Crippen molar-refractivity contribution >= 4 is 50.7 Å². The van der Waals surface area contributed by atoms with Gasteiger partial charge in [-0.2, -0.15) is 4.99 Å². The average molecular weight is 423 g/mol. The fourth-order valence-corrected chi connectivity index (χ4v) is 4.43. The standard InChI is InChI=1S/C20H20Cl2N2O2S/c1-4-26-10-9-24-18-16(8-7-15(21)17(18)22)27-20(24)23-19(25)14-6-5-12(2)11-13(14)3/h5-8,11H,4,9-10H2,1-3H3. The van der Waals surface area contributed by atoms with Crippen molar-refractivity contribution in [3.05, 3.63) is 61.9 Å². The predicted octanol–water partition coefficient (Wildman–Crippen LogP) is 5.40. The van der Waals surface area contributed by atoms with E-state index in [1.165, 1.54) is 11.3 Å². The molecule has 0 N–H and O–H groups in total. The molecule has 0 spiro atoms. The Kier molecular flexibility index (Phi) is 6.37. The van der Waals surface area contributed by atoms with Gasteiger partial charge in [-0.05, 0) is 44.5 Å². The van der Waals surface area contributed by atoms with Crippen molar-refractivity contribution in [1.82, 2.24) is 4.57 Å². The smallest absolute Gasteiger partial charge is 0.279 e. The van der Waals surface area contributed by atoms with Gasteiger partial charge in [-0.1, -0.05) is 52.2 Å². The Hall–Kier alpha value is -1.66. The highest BCUT2D eigenvalue weighted by atomic mass is 35.5. The molecule has 0 radical (unpaired) electrons. The lowest BCUT2D eigenvalue weighted by Crippen LogP contribution is -2.20. The Balaban J connectivity index is 2.14. The van der Waals surface area contributed by atoms with Crippen molar-refractivity contribution < 1.29 is 9.53 Å². The number of benzene rings is 2. The number of nitrogens with zero attached hydrogens (tertiary/aromatic N) is 2. The number of aryl methyl sites for hydroxylation is 2. The molecular formula is C20H20Cl2N2O2S. The van der Waals surface area contributed by atoms with Crippen molar-refractivity contribution in [1.29, 1.82) is 0 Å². The van der Waals surface area contributed by atoms with Crippen molar-refractivity contribution in [3.8, 4) is 0 Å². The molecule has 1 heterocycles. The van der Waals surface area contributed by atoms with Crippen LogP contribution in [0.3, 0.4) is 0 Å². The molecule has 2 aromatic carbocycles. The lowest BCUT2D eigenvalue weighted by atomic mass is 10.1. The van der Waals surface area contributed by atoms with Gasteiger partial charge in [-0.15, -0.1) is 0 Å². The van der Waals surface area contributed by atoms with E-state index >= 15 is 0 Å². The quantitative estimate of drug-likeness (QED) is 0.516. The third-order valence-corrected chi connectivity index (χ3v) is 6.04. The third-order valence-electron chi connectivity index (χ3n) is 4.21. The Morgan fingerprint density at radius 3 is 2.70 bits per heavy atom. The zero-order valence-corrected chi connectivity index (χ0v) is 17.7.